The highest BCUT2D eigenvalue weighted by Crippen LogP contribution is 2.33. The van der Waals surface area contributed by atoms with Crippen LogP contribution >= 0.6 is 11.3 Å². The lowest BCUT2D eigenvalue weighted by atomic mass is 9.95. The summed E-state index contributed by atoms with van der Waals surface area (Å²) in [6.07, 6.45) is 2.29. The van der Waals surface area contributed by atoms with Gasteiger partial charge in [-0.1, -0.05) is 20.8 Å². The average Bonchev–Trinajstić information content (AvgIpc) is 2.96. The molecule has 18 heavy (non-hydrogen) atoms. The first-order chi connectivity index (χ1) is 8.36. The van der Waals surface area contributed by atoms with Crippen LogP contribution in [0.5, 0.6) is 0 Å². The second kappa shape index (κ2) is 5.02. The summed E-state index contributed by atoms with van der Waals surface area (Å²) in [5, 5.41) is 8.93. The van der Waals surface area contributed by atoms with Crippen molar-refractivity contribution in [3.8, 4) is 0 Å². The molecule has 0 bridgehead atoms. The van der Waals surface area contributed by atoms with E-state index in [4.69, 9.17) is 5.11 Å². The fourth-order valence-electron chi connectivity index (χ4n) is 1.99. The number of carboxylic acid groups (broad SMARTS) is 1. The van der Waals surface area contributed by atoms with E-state index in [0.29, 0.717) is 6.04 Å². The Kier molecular flexibility index (Phi) is 3.78. The first-order valence-electron chi connectivity index (χ1n) is 6.41. The Balaban J connectivity index is 2.02. The van der Waals surface area contributed by atoms with Gasteiger partial charge in [0.1, 0.15) is 0 Å². The number of nitrogens with zero attached hydrogens (tertiary/aromatic N) is 1. The van der Waals surface area contributed by atoms with E-state index < -0.39 is 5.97 Å². The molecule has 1 aromatic heterocycles. The zero-order valence-electron chi connectivity index (χ0n) is 11.3. The summed E-state index contributed by atoms with van der Waals surface area (Å²) in [5.74, 6) is -0.727. The largest absolute Gasteiger partial charge is 0.480 e. The third-order valence-corrected chi connectivity index (χ3v) is 4.66. The van der Waals surface area contributed by atoms with Crippen molar-refractivity contribution in [1.82, 2.24) is 4.90 Å². The molecule has 0 radical (unpaired) electrons. The van der Waals surface area contributed by atoms with Crippen LogP contribution < -0.4 is 0 Å². The molecule has 0 atom stereocenters. The van der Waals surface area contributed by atoms with Crippen molar-refractivity contribution in [2.75, 3.05) is 6.54 Å². The Hall–Kier alpha value is -0.870. The summed E-state index contributed by atoms with van der Waals surface area (Å²) in [4.78, 5) is 15.6. The normalized spacial score (nSPS) is 16.2. The molecule has 1 aliphatic rings. The summed E-state index contributed by atoms with van der Waals surface area (Å²) in [5.41, 5.74) is 0.181. The fraction of sp³-hybridized carbons (Fsp3) is 0.643. The van der Waals surface area contributed by atoms with Crippen LogP contribution in [0.2, 0.25) is 0 Å². The van der Waals surface area contributed by atoms with Crippen molar-refractivity contribution in [1.29, 1.82) is 0 Å². The van der Waals surface area contributed by atoms with E-state index in [1.54, 1.807) is 11.3 Å². The van der Waals surface area contributed by atoms with E-state index in [-0.39, 0.29) is 12.0 Å². The lowest BCUT2D eigenvalue weighted by Crippen LogP contribution is -2.30. The maximum Gasteiger partial charge on any atom is 0.317 e. The Bertz CT molecular complexity index is 429. The van der Waals surface area contributed by atoms with Crippen molar-refractivity contribution in [2.45, 2.75) is 51.6 Å². The molecule has 0 aromatic carbocycles. The van der Waals surface area contributed by atoms with Crippen LogP contribution in [0.1, 0.15) is 43.4 Å². The van der Waals surface area contributed by atoms with Gasteiger partial charge in [0.25, 0.3) is 0 Å². The van der Waals surface area contributed by atoms with Crippen LogP contribution in [0.25, 0.3) is 0 Å². The van der Waals surface area contributed by atoms with Crippen LogP contribution in [0.4, 0.5) is 0 Å². The van der Waals surface area contributed by atoms with Gasteiger partial charge < -0.3 is 5.11 Å². The van der Waals surface area contributed by atoms with E-state index in [1.165, 1.54) is 9.75 Å². The maximum absolute atomic E-state index is 10.9. The Morgan fingerprint density at radius 1 is 1.44 bits per heavy atom. The molecule has 0 spiro atoms. The molecule has 100 valence electrons. The zero-order chi connectivity index (χ0) is 13.3. The number of thiophene rings is 1. The van der Waals surface area contributed by atoms with Gasteiger partial charge in [-0.05, 0) is 30.4 Å². The van der Waals surface area contributed by atoms with E-state index >= 15 is 0 Å². The standard InChI is InChI=1S/C14H21NO2S/c1-14(2,3)12-7-6-11(18-12)8-15(9-13(16)17)10-4-5-10/h6-7,10H,4-5,8-9H2,1-3H3,(H,16,17). The predicted molar refractivity (Wildman–Crippen MR) is 74.1 cm³/mol. The molecule has 1 N–H and O–H groups in total. The molecule has 1 aromatic rings. The fourth-order valence-corrected chi connectivity index (χ4v) is 3.08. The molecule has 1 fully saturated rings. The first-order valence-corrected chi connectivity index (χ1v) is 7.23. The van der Waals surface area contributed by atoms with Gasteiger partial charge in [0.05, 0.1) is 6.54 Å². The summed E-state index contributed by atoms with van der Waals surface area (Å²) in [6.45, 7) is 7.56. The molecular weight excluding hydrogens is 246 g/mol. The summed E-state index contributed by atoms with van der Waals surface area (Å²) >= 11 is 1.81. The van der Waals surface area contributed by atoms with Gasteiger partial charge in [-0.15, -0.1) is 11.3 Å². The first kappa shape index (κ1) is 13.6. The van der Waals surface area contributed by atoms with Crippen molar-refractivity contribution >= 4 is 17.3 Å². The van der Waals surface area contributed by atoms with Crippen LogP contribution in [0, 0.1) is 0 Å². The van der Waals surface area contributed by atoms with Crippen LogP contribution in [0.3, 0.4) is 0 Å². The number of aliphatic carboxylic acids is 1. The number of rotatable bonds is 5. The highest BCUT2D eigenvalue weighted by atomic mass is 32.1. The minimum Gasteiger partial charge on any atom is -0.480 e. The molecule has 0 saturated heterocycles. The third-order valence-electron chi connectivity index (χ3n) is 3.16. The Labute approximate surface area is 112 Å². The molecule has 2 rings (SSSR count). The molecule has 4 heteroatoms. The smallest absolute Gasteiger partial charge is 0.317 e. The molecule has 1 saturated carbocycles. The van der Waals surface area contributed by atoms with Crippen LogP contribution in [-0.4, -0.2) is 28.6 Å². The summed E-state index contributed by atoms with van der Waals surface area (Å²) in [6, 6.07) is 4.80. The Morgan fingerprint density at radius 3 is 2.56 bits per heavy atom. The molecule has 0 aliphatic heterocycles. The predicted octanol–water partition coefficient (Wildman–Crippen LogP) is 3.09. The summed E-state index contributed by atoms with van der Waals surface area (Å²) < 4.78 is 0. The Morgan fingerprint density at radius 2 is 2.11 bits per heavy atom. The molecule has 3 nitrogen and oxygen atoms in total. The zero-order valence-corrected chi connectivity index (χ0v) is 12.1. The molecule has 1 aliphatic carbocycles. The van der Waals surface area contributed by atoms with Gasteiger partial charge in [-0.2, -0.15) is 0 Å². The number of hydrogen-bond acceptors (Lipinski definition) is 3. The second-order valence-electron chi connectivity index (χ2n) is 6.05. The molecule has 0 unspecified atom stereocenters. The molecule has 0 amide bonds. The third kappa shape index (κ3) is 3.56. The minimum absolute atomic E-state index is 0.160. The SMILES string of the molecule is CC(C)(C)c1ccc(CN(CC(=O)O)C2CC2)s1. The van der Waals surface area contributed by atoms with E-state index in [2.05, 4.69) is 37.8 Å². The lowest BCUT2D eigenvalue weighted by molar-refractivity contribution is -0.138. The van der Waals surface area contributed by atoms with Crippen molar-refractivity contribution in [2.24, 2.45) is 0 Å². The van der Waals surface area contributed by atoms with Gasteiger partial charge in [0, 0.05) is 22.3 Å². The molecule has 1 heterocycles. The van der Waals surface area contributed by atoms with Gasteiger partial charge in [0.2, 0.25) is 0 Å². The van der Waals surface area contributed by atoms with Crippen molar-refractivity contribution in [3.63, 3.8) is 0 Å². The van der Waals surface area contributed by atoms with Gasteiger partial charge in [-0.25, -0.2) is 0 Å². The van der Waals surface area contributed by atoms with Crippen LogP contribution in [0.15, 0.2) is 12.1 Å². The van der Waals surface area contributed by atoms with Crippen molar-refractivity contribution < 1.29 is 9.90 Å². The highest BCUT2D eigenvalue weighted by molar-refractivity contribution is 7.12. The monoisotopic (exact) mass is 267 g/mol. The van der Waals surface area contributed by atoms with Gasteiger partial charge in [-0.3, -0.25) is 9.69 Å². The average molecular weight is 267 g/mol. The number of hydrogen-bond donors (Lipinski definition) is 1. The lowest BCUT2D eigenvalue weighted by Gasteiger charge is -2.19. The number of carboxylic acids is 1. The summed E-state index contributed by atoms with van der Waals surface area (Å²) in [7, 11) is 0. The minimum atomic E-state index is -0.727. The van der Waals surface area contributed by atoms with Crippen molar-refractivity contribution in [3.05, 3.63) is 21.9 Å². The highest BCUT2D eigenvalue weighted by Gasteiger charge is 2.30. The number of carbonyl (C=O) groups is 1. The van der Waals surface area contributed by atoms with E-state index in [1.807, 2.05) is 0 Å². The van der Waals surface area contributed by atoms with Crippen LogP contribution in [-0.2, 0) is 16.8 Å². The second-order valence-corrected chi connectivity index (χ2v) is 7.21. The van der Waals surface area contributed by atoms with Gasteiger partial charge >= 0.3 is 5.97 Å². The maximum atomic E-state index is 10.9. The van der Waals surface area contributed by atoms with Gasteiger partial charge in [0.15, 0.2) is 0 Å². The molecular formula is C14H21NO2S. The quantitative estimate of drug-likeness (QED) is 0.891. The van der Waals surface area contributed by atoms with E-state index in [9.17, 15) is 4.79 Å². The van der Waals surface area contributed by atoms with E-state index in [0.717, 1.165) is 19.4 Å². The topological polar surface area (TPSA) is 40.5 Å².